The smallest absolute Gasteiger partial charge is 0.123 e. The lowest BCUT2D eigenvalue weighted by molar-refractivity contribution is 0.628. The van der Waals surface area contributed by atoms with Gasteiger partial charge < -0.3 is 10.3 Å². The summed E-state index contributed by atoms with van der Waals surface area (Å²) < 4.78 is 13.5. The molecule has 3 N–H and O–H groups in total. The highest BCUT2D eigenvalue weighted by Crippen LogP contribution is 2.35. The number of nitrogens with zero attached hydrogens (tertiary/aromatic N) is 2. The van der Waals surface area contributed by atoms with Gasteiger partial charge in [-0.15, -0.1) is 0 Å². The molecule has 6 aromatic rings. The minimum Gasteiger partial charge on any atom is -0.353 e. The number of rotatable bonds is 6. The molecule has 0 fully saturated rings. The molecule has 5 nitrogen and oxygen atoms in total. The van der Waals surface area contributed by atoms with Crippen molar-refractivity contribution in [2.45, 2.75) is 13.5 Å². The van der Waals surface area contributed by atoms with Gasteiger partial charge in [-0.25, -0.2) is 4.39 Å². The quantitative estimate of drug-likeness (QED) is 0.259. The SMILES string of the molecule is CCNCc1cccc(-c2cc3c(-c4cc5c(-c6ccc(F)cc6)cccc5[nH]4)n[nH]c3cn2)c1. The summed E-state index contributed by atoms with van der Waals surface area (Å²) in [5.74, 6) is -0.241. The lowest BCUT2D eigenvalue weighted by atomic mass is 10.0. The molecule has 0 aliphatic heterocycles. The zero-order valence-electron chi connectivity index (χ0n) is 19.3. The topological polar surface area (TPSA) is 69.4 Å². The van der Waals surface area contributed by atoms with Crippen molar-refractivity contribution in [2.75, 3.05) is 6.54 Å². The molecule has 0 amide bonds. The van der Waals surface area contributed by atoms with Gasteiger partial charge in [0.1, 0.15) is 11.5 Å². The van der Waals surface area contributed by atoms with Crippen LogP contribution in [0.15, 0.2) is 85.1 Å². The van der Waals surface area contributed by atoms with E-state index in [1.54, 1.807) is 0 Å². The van der Waals surface area contributed by atoms with Crippen molar-refractivity contribution < 1.29 is 4.39 Å². The zero-order chi connectivity index (χ0) is 23.8. The number of aromatic nitrogens is 4. The van der Waals surface area contributed by atoms with Crippen LogP contribution in [-0.4, -0.2) is 26.7 Å². The lowest BCUT2D eigenvalue weighted by Crippen LogP contribution is -2.11. The van der Waals surface area contributed by atoms with Crippen LogP contribution in [0.4, 0.5) is 4.39 Å². The summed E-state index contributed by atoms with van der Waals surface area (Å²) in [6, 6.07) is 25.4. The average Bonchev–Trinajstić information content (AvgIpc) is 3.51. The Balaban J connectivity index is 1.43. The van der Waals surface area contributed by atoms with Gasteiger partial charge in [-0.05, 0) is 59.6 Å². The molecule has 35 heavy (non-hydrogen) atoms. The fraction of sp³-hybridized carbons (Fsp3) is 0.103. The first-order valence-electron chi connectivity index (χ1n) is 11.7. The van der Waals surface area contributed by atoms with Crippen LogP contribution in [0.25, 0.3) is 55.6 Å². The van der Waals surface area contributed by atoms with Crippen molar-refractivity contribution in [3.05, 3.63) is 96.4 Å². The van der Waals surface area contributed by atoms with Crippen LogP contribution in [0.5, 0.6) is 0 Å². The van der Waals surface area contributed by atoms with Crippen molar-refractivity contribution in [1.29, 1.82) is 0 Å². The minimum absolute atomic E-state index is 0.241. The normalized spacial score (nSPS) is 11.5. The summed E-state index contributed by atoms with van der Waals surface area (Å²) in [6.45, 7) is 3.86. The van der Waals surface area contributed by atoms with Crippen LogP contribution in [-0.2, 0) is 6.54 Å². The number of hydrogen-bond acceptors (Lipinski definition) is 3. The summed E-state index contributed by atoms with van der Waals surface area (Å²) in [4.78, 5) is 8.19. The predicted octanol–water partition coefficient (Wildman–Crippen LogP) is 6.69. The summed E-state index contributed by atoms with van der Waals surface area (Å²) in [5, 5.41) is 13.2. The fourth-order valence-corrected chi connectivity index (χ4v) is 4.55. The molecule has 0 aliphatic carbocycles. The van der Waals surface area contributed by atoms with E-state index in [9.17, 15) is 4.39 Å². The molecule has 0 saturated heterocycles. The molecule has 3 heterocycles. The van der Waals surface area contributed by atoms with Crippen LogP contribution < -0.4 is 5.32 Å². The molecule has 3 aromatic heterocycles. The Bertz CT molecular complexity index is 1650. The lowest BCUT2D eigenvalue weighted by Gasteiger charge is -2.06. The Labute approximate surface area is 202 Å². The number of fused-ring (bicyclic) bond motifs is 2. The number of benzene rings is 3. The molecule has 6 heteroatoms. The highest BCUT2D eigenvalue weighted by atomic mass is 19.1. The van der Waals surface area contributed by atoms with E-state index in [1.807, 2.05) is 30.5 Å². The van der Waals surface area contributed by atoms with E-state index in [4.69, 9.17) is 0 Å². The Kier molecular flexibility index (Phi) is 5.35. The number of hydrogen-bond donors (Lipinski definition) is 3. The molecule has 0 aliphatic rings. The van der Waals surface area contributed by atoms with E-state index < -0.39 is 0 Å². The second-order valence-corrected chi connectivity index (χ2v) is 8.62. The minimum atomic E-state index is -0.241. The Morgan fingerprint density at radius 1 is 0.857 bits per heavy atom. The molecule has 0 unspecified atom stereocenters. The average molecular weight is 462 g/mol. The van der Waals surface area contributed by atoms with Gasteiger partial charge in [0.15, 0.2) is 0 Å². The maximum Gasteiger partial charge on any atom is 0.123 e. The monoisotopic (exact) mass is 461 g/mol. The van der Waals surface area contributed by atoms with Crippen LogP contribution in [0.1, 0.15) is 12.5 Å². The maximum atomic E-state index is 13.5. The van der Waals surface area contributed by atoms with E-state index in [0.717, 1.165) is 68.7 Å². The van der Waals surface area contributed by atoms with Crippen LogP contribution >= 0.6 is 0 Å². The van der Waals surface area contributed by atoms with Crippen LogP contribution in [0, 0.1) is 5.82 Å². The Morgan fingerprint density at radius 2 is 1.71 bits per heavy atom. The third-order valence-electron chi connectivity index (χ3n) is 6.32. The van der Waals surface area contributed by atoms with Crippen LogP contribution in [0.2, 0.25) is 0 Å². The van der Waals surface area contributed by atoms with Gasteiger partial charge in [0.05, 0.1) is 23.1 Å². The molecule has 0 saturated carbocycles. The Morgan fingerprint density at radius 3 is 2.57 bits per heavy atom. The highest BCUT2D eigenvalue weighted by Gasteiger charge is 2.15. The van der Waals surface area contributed by atoms with Crippen LogP contribution in [0.3, 0.4) is 0 Å². The second kappa shape index (κ2) is 8.81. The first-order valence-corrected chi connectivity index (χ1v) is 11.7. The molecular formula is C29H24FN5. The molecule has 0 radical (unpaired) electrons. The molecule has 0 atom stereocenters. The highest BCUT2D eigenvalue weighted by molar-refractivity contribution is 6.01. The van der Waals surface area contributed by atoms with E-state index in [2.05, 4.69) is 74.9 Å². The molecule has 0 bridgehead atoms. The third kappa shape index (κ3) is 3.98. The van der Waals surface area contributed by atoms with Gasteiger partial charge in [0.25, 0.3) is 0 Å². The van der Waals surface area contributed by atoms with E-state index in [1.165, 1.54) is 17.7 Å². The summed E-state index contributed by atoms with van der Waals surface area (Å²) >= 11 is 0. The van der Waals surface area contributed by atoms with Gasteiger partial charge in [-0.1, -0.05) is 49.4 Å². The van der Waals surface area contributed by atoms with Crippen molar-refractivity contribution in [2.24, 2.45) is 0 Å². The fourth-order valence-electron chi connectivity index (χ4n) is 4.55. The molecule has 172 valence electrons. The molecule has 0 spiro atoms. The van der Waals surface area contributed by atoms with Gasteiger partial charge in [0, 0.05) is 28.4 Å². The predicted molar refractivity (Wildman–Crippen MR) is 139 cm³/mol. The Hall–Kier alpha value is -4.29. The van der Waals surface area contributed by atoms with Gasteiger partial charge in [0.2, 0.25) is 0 Å². The molecular weight excluding hydrogens is 437 g/mol. The summed E-state index contributed by atoms with van der Waals surface area (Å²) in [6.07, 6.45) is 1.84. The van der Waals surface area contributed by atoms with Gasteiger partial charge >= 0.3 is 0 Å². The first kappa shape index (κ1) is 21.3. The number of pyridine rings is 1. The molecule has 6 rings (SSSR count). The zero-order valence-corrected chi connectivity index (χ0v) is 19.3. The summed E-state index contributed by atoms with van der Waals surface area (Å²) in [7, 11) is 0. The second-order valence-electron chi connectivity index (χ2n) is 8.62. The third-order valence-corrected chi connectivity index (χ3v) is 6.32. The standard InChI is InChI=1S/C29H24FN5/c1-2-31-16-18-5-3-6-20(13-18)26-15-24-28(17-32-26)34-35-29(24)27-14-23-22(7-4-8-25(23)33-27)19-9-11-21(30)12-10-19/h3-15,17,31,33H,2,16H2,1H3,(H,34,35). The summed E-state index contributed by atoms with van der Waals surface area (Å²) in [5.41, 5.74) is 8.86. The first-order chi connectivity index (χ1) is 17.2. The van der Waals surface area contributed by atoms with E-state index in [-0.39, 0.29) is 5.82 Å². The maximum absolute atomic E-state index is 13.5. The van der Waals surface area contributed by atoms with Crippen molar-refractivity contribution in [3.8, 4) is 33.8 Å². The number of halogens is 1. The molecule has 3 aromatic carbocycles. The largest absolute Gasteiger partial charge is 0.353 e. The van der Waals surface area contributed by atoms with Gasteiger partial charge in [-0.3, -0.25) is 10.1 Å². The number of aromatic amines is 2. The number of H-pyrrole nitrogens is 2. The van der Waals surface area contributed by atoms with E-state index >= 15 is 0 Å². The van der Waals surface area contributed by atoms with Crippen molar-refractivity contribution in [3.63, 3.8) is 0 Å². The van der Waals surface area contributed by atoms with Crippen molar-refractivity contribution >= 4 is 21.8 Å². The van der Waals surface area contributed by atoms with E-state index in [0.29, 0.717) is 0 Å². The van der Waals surface area contributed by atoms with Crippen molar-refractivity contribution in [1.82, 2.24) is 25.5 Å². The number of nitrogens with one attached hydrogen (secondary N) is 3. The van der Waals surface area contributed by atoms with Gasteiger partial charge in [-0.2, -0.15) is 5.10 Å².